The van der Waals surface area contributed by atoms with Crippen LogP contribution in [0.4, 0.5) is 4.39 Å². The Labute approximate surface area is 110 Å². The topological polar surface area (TPSA) is 43.8 Å². The SMILES string of the molecule is NCc1cccc(Cn2ncc3ccccc32)c1F. The van der Waals surface area contributed by atoms with Crippen LogP contribution in [-0.4, -0.2) is 9.78 Å². The molecule has 0 aliphatic heterocycles. The zero-order valence-corrected chi connectivity index (χ0v) is 10.4. The molecule has 1 aromatic heterocycles. The van der Waals surface area contributed by atoms with E-state index in [0.29, 0.717) is 17.7 Å². The summed E-state index contributed by atoms with van der Waals surface area (Å²) >= 11 is 0. The van der Waals surface area contributed by atoms with E-state index in [0.717, 1.165) is 10.9 Å². The molecule has 4 heteroatoms. The standard InChI is InChI=1S/C15H14FN3/c16-15-11(8-17)5-3-6-13(15)10-19-14-7-2-1-4-12(14)9-18-19/h1-7,9H,8,10,17H2. The van der Waals surface area contributed by atoms with Crippen molar-refractivity contribution in [3.63, 3.8) is 0 Å². The van der Waals surface area contributed by atoms with Crippen LogP contribution in [0.1, 0.15) is 11.1 Å². The summed E-state index contributed by atoms with van der Waals surface area (Å²) in [6, 6.07) is 13.2. The van der Waals surface area contributed by atoms with Gasteiger partial charge in [-0.15, -0.1) is 0 Å². The van der Waals surface area contributed by atoms with Crippen molar-refractivity contribution < 1.29 is 4.39 Å². The van der Waals surface area contributed by atoms with Gasteiger partial charge in [-0.05, 0) is 6.07 Å². The molecule has 0 unspecified atom stereocenters. The molecule has 0 radical (unpaired) electrons. The molecule has 0 saturated heterocycles. The molecule has 0 atom stereocenters. The van der Waals surface area contributed by atoms with Gasteiger partial charge in [0, 0.05) is 23.1 Å². The first-order valence-electron chi connectivity index (χ1n) is 6.16. The van der Waals surface area contributed by atoms with Gasteiger partial charge in [0.2, 0.25) is 0 Å². The Morgan fingerprint density at radius 1 is 1.05 bits per heavy atom. The van der Waals surface area contributed by atoms with Crippen LogP contribution in [0.3, 0.4) is 0 Å². The zero-order valence-electron chi connectivity index (χ0n) is 10.4. The number of halogens is 1. The molecule has 0 fully saturated rings. The van der Waals surface area contributed by atoms with E-state index >= 15 is 0 Å². The summed E-state index contributed by atoms with van der Waals surface area (Å²) in [4.78, 5) is 0. The maximum atomic E-state index is 14.1. The van der Waals surface area contributed by atoms with Gasteiger partial charge < -0.3 is 5.73 Å². The van der Waals surface area contributed by atoms with E-state index in [-0.39, 0.29) is 12.4 Å². The van der Waals surface area contributed by atoms with Gasteiger partial charge in [0.1, 0.15) is 5.82 Å². The molecule has 0 aliphatic rings. The van der Waals surface area contributed by atoms with Gasteiger partial charge in [0.25, 0.3) is 0 Å². The normalized spacial score (nSPS) is 11.1. The molecule has 19 heavy (non-hydrogen) atoms. The van der Waals surface area contributed by atoms with Gasteiger partial charge >= 0.3 is 0 Å². The summed E-state index contributed by atoms with van der Waals surface area (Å²) in [6.07, 6.45) is 1.79. The monoisotopic (exact) mass is 255 g/mol. The summed E-state index contributed by atoms with van der Waals surface area (Å²) < 4.78 is 15.9. The van der Waals surface area contributed by atoms with Gasteiger partial charge in [-0.25, -0.2) is 4.39 Å². The Balaban J connectivity index is 2.02. The third-order valence-corrected chi connectivity index (χ3v) is 3.25. The Kier molecular flexibility index (Phi) is 3.01. The lowest BCUT2D eigenvalue weighted by Gasteiger charge is -2.08. The van der Waals surface area contributed by atoms with Crippen molar-refractivity contribution in [1.82, 2.24) is 9.78 Å². The molecule has 3 rings (SSSR count). The molecule has 3 nitrogen and oxygen atoms in total. The zero-order chi connectivity index (χ0) is 13.2. The van der Waals surface area contributed by atoms with Crippen LogP contribution in [0, 0.1) is 5.82 Å². The Hall–Kier alpha value is -2.20. The van der Waals surface area contributed by atoms with Gasteiger partial charge in [-0.2, -0.15) is 5.10 Å². The highest BCUT2D eigenvalue weighted by atomic mass is 19.1. The largest absolute Gasteiger partial charge is 0.326 e. The number of aromatic nitrogens is 2. The minimum Gasteiger partial charge on any atom is -0.326 e. The van der Waals surface area contributed by atoms with Gasteiger partial charge in [0.05, 0.1) is 18.3 Å². The summed E-state index contributed by atoms with van der Waals surface area (Å²) in [7, 11) is 0. The third kappa shape index (κ3) is 2.11. The average molecular weight is 255 g/mol. The number of para-hydroxylation sites is 1. The van der Waals surface area contributed by atoms with Crippen molar-refractivity contribution in [3.8, 4) is 0 Å². The third-order valence-electron chi connectivity index (χ3n) is 3.25. The maximum Gasteiger partial charge on any atom is 0.132 e. The van der Waals surface area contributed by atoms with Crippen LogP contribution >= 0.6 is 0 Å². The van der Waals surface area contributed by atoms with Crippen LogP contribution in [0.25, 0.3) is 10.9 Å². The number of rotatable bonds is 3. The van der Waals surface area contributed by atoms with Crippen molar-refractivity contribution in [1.29, 1.82) is 0 Å². The Morgan fingerprint density at radius 2 is 1.84 bits per heavy atom. The van der Waals surface area contributed by atoms with Crippen molar-refractivity contribution in [3.05, 3.63) is 65.6 Å². The first-order chi connectivity index (χ1) is 9.29. The fraction of sp³-hybridized carbons (Fsp3) is 0.133. The number of nitrogens with two attached hydrogens (primary N) is 1. The summed E-state index contributed by atoms with van der Waals surface area (Å²) in [6.45, 7) is 0.618. The molecule has 96 valence electrons. The molecule has 0 amide bonds. The number of nitrogens with zero attached hydrogens (tertiary/aromatic N) is 2. The second-order valence-electron chi connectivity index (χ2n) is 4.46. The summed E-state index contributed by atoms with van der Waals surface area (Å²) in [5.74, 6) is -0.232. The lowest BCUT2D eigenvalue weighted by molar-refractivity contribution is 0.576. The van der Waals surface area contributed by atoms with Gasteiger partial charge in [0.15, 0.2) is 0 Å². The highest BCUT2D eigenvalue weighted by Crippen LogP contribution is 2.17. The van der Waals surface area contributed by atoms with Crippen molar-refractivity contribution >= 4 is 10.9 Å². The highest BCUT2D eigenvalue weighted by molar-refractivity contribution is 5.78. The van der Waals surface area contributed by atoms with E-state index in [4.69, 9.17) is 5.73 Å². The molecule has 1 heterocycles. The lowest BCUT2D eigenvalue weighted by atomic mass is 10.1. The molecular weight excluding hydrogens is 241 g/mol. The highest BCUT2D eigenvalue weighted by Gasteiger charge is 2.09. The van der Waals surface area contributed by atoms with Crippen LogP contribution in [0.2, 0.25) is 0 Å². The predicted molar refractivity (Wildman–Crippen MR) is 73.1 cm³/mol. The summed E-state index contributed by atoms with van der Waals surface area (Å²) in [5.41, 5.74) is 7.67. The number of hydrogen-bond acceptors (Lipinski definition) is 2. The van der Waals surface area contributed by atoms with Crippen LogP contribution in [0.15, 0.2) is 48.7 Å². The van der Waals surface area contributed by atoms with Crippen LogP contribution < -0.4 is 5.73 Å². The molecular formula is C15H14FN3. The van der Waals surface area contributed by atoms with E-state index in [1.165, 1.54) is 0 Å². The molecule has 0 aliphatic carbocycles. The van der Waals surface area contributed by atoms with E-state index in [2.05, 4.69) is 5.10 Å². The lowest BCUT2D eigenvalue weighted by Crippen LogP contribution is -2.07. The molecule has 2 aromatic carbocycles. The van der Waals surface area contributed by atoms with E-state index < -0.39 is 0 Å². The average Bonchev–Trinajstić information content (AvgIpc) is 2.85. The van der Waals surface area contributed by atoms with Crippen LogP contribution in [0.5, 0.6) is 0 Å². The van der Waals surface area contributed by atoms with E-state index in [1.54, 1.807) is 23.0 Å². The number of benzene rings is 2. The van der Waals surface area contributed by atoms with E-state index in [9.17, 15) is 4.39 Å². The smallest absolute Gasteiger partial charge is 0.132 e. The number of fused-ring (bicyclic) bond motifs is 1. The Bertz CT molecular complexity index is 718. The quantitative estimate of drug-likeness (QED) is 0.782. The van der Waals surface area contributed by atoms with Gasteiger partial charge in [-0.1, -0.05) is 36.4 Å². The molecule has 3 aromatic rings. The summed E-state index contributed by atoms with van der Waals surface area (Å²) in [5, 5.41) is 5.36. The maximum absolute atomic E-state index is 14.1. The predicted octanol–water partition coefficient (Wildman–Crippen LogP) is 2.68. The minimum atomic E-state index is -0.232. The second-order valence-corrected chi connectivity index (χ2v) is 4.46. The fourth-order valence-corrected chi connectivity index (χ4v) is 2.23. The first kappa shape index (κ1) is 11.9. The van der Waals surface area contributed by atoms with Crippen molar-refractivity contribution in [2.75, 3.05) is 0 Å². The van der Waals surface area contributed by atoms with Gasteiger partial charge in [-0.3, -0.25) is 4.68 Å². The van der Waals surface area contributed by atoms with Crippen molar-refractivity contribution in [2.24, 2.45) is 5.73 Å². The second kappa shape index (κ2) is 4.82. The molecule has 2 N–H and O–H groups in total. The molecule has 0 saturated carbocycles. The van der Waals surface area contributed by atoms with E-state index in [1.807, 2.05) is 30.3 Å². The molecule has 0 spiro atoms. The Morgan fingerprint density at radius 3 is 2.68 bits per heavy atom. The van der Waals surface area contributed by atoms with Crippen molar-refractivity contribution in [2.45, 2.75) is 13.1 Å². The first-order valence-corrected chi connectivity index (χ1v) is 6.16. The van der Waals surface area contributed by atoms with Crippen LogP contribution in [-0.2, 0) is 13.1 Å². The molecule has 0 bridgehead atoms. The fourth-order valence-electron chi connectivity index (χ4n) is 2.23. The minimum absolute atomic E-state index is 0.208. The number of hydrogen-bond donors (Lipinski definition) is 1.